The third kappa shape index (κ3) is 5.28. The van der Waals surface area contributed by atoms with E-state index in [-0.39, 0.29) is 24.0 Å². The molecule has 0 saturated carbocycles. The van der Waals surface area contributed by atoms with Gasteiger partial charge in [-0.1, -0.05) is 19.0 Å². The molecule has 0 saturated heterocycles. The summed E-state index contributed by atoms with van der Waals surface area (Å²) >= 11 is 1.71. The summed E-state index contributed by atoms with van der Waals surface area (Å²) in [6, 6.07) is 4.11. The third-order valence-electron chi connectivity index (χ3n) is 3.16. The average Bonchev–Trinajstić information content (AvgIpc) is 3.10. The fourth-order valence-electron chi connectivity index (χ4n) is 1.97. The molecule has 2 heterocycles. The number of aliphatic imine (C=N–C) groups is 1. The zero-order valence-corrected chi connectivity index (χ0v) is 16.5. The van der Waals surface area contributed by atoms with Crippen LogP contribution in [0.5, 0.6) is 0 Å². The number of thiophene rings is 1. The van der Waals surface area contributed by atoms with E-state index in [1.165, 1.54) is 5.56 Å². The Bertz CT molecular complexity index is 580. The number of guanidine groups is 1. The molecule has 2 aromatic rings. The lowest BCUT2D eigenvalue weighted by Gasteiger charge is -2.21. The van der Waals surface area contributed by atoms with Crippen LogP contribution in [0.4, 0.5) is 0 Å². The molecule has 0 radical (unpaired) electrons. The van der Waals surface area contributed by atoms with E-state index in [9.17, 15) is 0 Å². The summed E-state index contributed by atoms with van der Waals surface area (Å²) in [5.74, 6) is 2.04. The zero-order chi connectivity index (χ0) is 15.2. The van der Waals surface area contributed by atoms with Crippen molar-refractivity contribution < 1.29 is 4.52 Å². The molecule has 0 fully saturated rings. The molecule has 0 unspecified atom stereocenters. The monoisotopic (exact) mass is 434 g/mol. The molecule has 5 nitrogen and oxygen atoms in total. The summed E-state index contributed by atoms with van der Waals surface area (Å²) in [6.07, 6.45) is 0. The SMILES string of the molecule is CN=C(NCc1cc(C(C)C)no1)N(C)Cc1ccsc1.I. The van der Waals surface area contributed by atoms with Gasteiger partial charge in [-0.25, -0.2) is 0 Å². The maximum absolute atomic E-state index is 5.32. The van der Waals surface area contributed by atoms with Gasteiger partial charge in [0, 0.05) is 26.7 Å². The van der Waals surface area contributed by atoms with Crippen LogP contribution in [0.1, 0.15) is 36.8 Å². The standard InChI is InChI=1S/C15H22N4OS.HI/c1-11(2)14-7-13(20-18-14)8-17-15(16-3)19(4)9-12-5-6-21-10-12;/h5-7,10-11H,8-9H2,1-4H3,(H,16,17);1H. The van der Waals surface area contributed by atoms with Crippen molar-refractivity contribution in [3.8, 4) is 0 Å². The summed E-state index contributed by atoms with van der Waals surface area (Å²) in [4.78, 5) is 6.38. The molecule has 122 valence electrons. The highest BCUT2D eigenvalue weighted by Gasteiger charge is 2.10. The fourth-order valence-corrected chi connectivity index (χ4v) is 2.63. The summed E-state index contributed by atoms with van der Waals surface area (Å²) in [5.41, 5.74) is 2.26. The molecule has 0 amide bonds. The van der Waals surface area contributed by atoms with Crippen LogP contribution in [-0.4, -0.2) is 30.1 Å². The van der Waals surface area contributed by atoms with Gasteiger partial charge in [-0.2, -0.15) is 11.3 Å². The highest BCUT2D eigenvalue weighted by molar-refractivity contribution is 14.0. The van der Waals surface area contributed by atoms with Crippen molar-refractivity contribution in [2.45, 2.75) is 32.9 Å². The number of hydrogen-bond acceptors (Lipinski definition) is 4. The van der Waals surface area contributed by atoms with Gasteiger partial charge in [-0.15, -0.1) is 24.0 Å². The quantitative estimate of drug-likeness (QED) is 0.443. The summed E-state index contributed by atoms with van der Waals surface area (Å²) in [5, 5.41) is 11.6. The minimum Gasteiger partial charge on any atom is -0.359 e. The molecule has 2 aromatic heterocycles. The number of hydrogen-bond donors (Lipinski definition) is 1. The van der Waals surface area contributed by atoms with E-state index in [2.05, 4.69) is 51.0 Å². The molecule has 0 aliphatic carbocycles. The second kappa shape index (κ2) is 9.14. The van der Waals surface area contributed by atoms with Crippen LogP contribution in [0.2, 0.25) is 0 Å². The van der Waals surface area contributed by atoms with Crippen molar-refractivity contribution in [2.75, 3.05) is 14.1 Å². The van der Waals surface area contributed by atoms with Gasteiger partial charge in [0.15, 0.2) is 11.7 Å². The van der Waals surface area contributed by atoms with Crippen molar-refractivity contribution in [1.82, 2.24) is 15.4 Å². The molecule has 22 heavy (non-hydrogen) atoms. The Morgan fingerprint density at radius 3 is 2.82 bits per heavy atom. The van der Waals surface area contributed by atoms with Crippen LogP contribution < -0.4 is 5.32 Å². The Morgan fingerprint density at radius 1 is 1.50 bits per heavy atom. The predicted octanol–water partition coefficient (Wildman–Crippen LogP) is 3.68. The predicted molar refractivity (Wildman–Crippen MR) is 102 cm³/mol. The molecule has 1 N–H and O–H groups in total. The first-order chi connectivity index (χ1) is 10.1. The van der Waals surface area contributed by atoms with E-state index >= 15 is 0 Å². The average molecular weight is 434 g/mol. The van der Waals surface area contributed by atoms with Crippen LogP contribution >= 0.6 is 35.3 Å². The number of rotatable bonds is 5. The maximum Gasteiger partial charge on any atom is 0.194 e. The number of halogens is 1. The lowest BCUT2D eigenvalue weighted by atomic mass is 10.1. The topological polar surface area (TPSA) is 53.7 Å². The Kier molecular flexibility index (Phi) is 7.88. The van der Waals surface area contributed by atoms with Crippen molar-refractivity contribution in [2.24, 2.45) is 4.99 Å². The van der Waals surface area contributed by atoms with Crippen molar-refractivity contribution >= 4 is 41.3 Å². The highest BCUT2D eigenvalue weighted by atomic mass is 127. The molecular formula is C15H23IN4OS. The van der Waals surface area contributed by atoms with Crippen molar-refractivity contribution in [3.63, 3.8) is 0 Å². The summed E-state index contributed by atoms with van der Waals surface area (Å²) < 4.78 is 5.32. The molecule has 2 rings (SSSR count). The highest BCUT2D eigenvalue weighted by Crippen LogP contribution is 2.14. The smallest absolute Gasteiger partial charge is 0.194 e. The van der Waals surface area contributed by atoms with E-state index in [0.29, 0.717) is 12.5 Å². The summed E-state index contributed by atoms with van der Waals surface area (Å²) in [7, 11) is 3.80. The van der Waals surface area contributed by atoms with Crippen molar-refractivity contribution in [1.29, 1.82) is 0 Å². The van der Waals surface area contributed by atoms with Crippen LogP contribution in [0.15, 0.2) is 32.4 Å². The van der Waals surface area contributed by atoms with E-state index in [1.807, 2.05) is 13.1 Å². The van der Waals surface area contributed by atoms with Crippen LogP contribution in [0, 0.1) is 0 Å². The van der Waals surface area contributed by atoms with Crippen LogP contribution in [0.25, 0.3) is 0 Å². The molecular weight excluding hydrogens is 411 g/mol. The first-order valence-electron chi connectivity index (χ1n) is 6.98. The second-order valence-electron chi connectivity index (χ2n) is 5.26. The third-order valence-corrected chi connectivity index (χ3v) is 3.89. The zero-order valence-electron chi connectivity index (χ0n) is 13.4. The van der Waals surface area contributed by atoms with Gasteiger partial charge in [0.1, 0.15) is 0 Å². The van der Waals surface area contributed by atoms with Crippen molar-refractivity contribution in [3.05, 3.63) is 39.9 Å². The minimum absolute atomic E-state index is 0. The largest absolute Gasteiger partial charge is 0.359 e. The lowest BCUT2D eigenvalue weighted by molar-refractivity contribution is 0.369. The molecule has 0 atom stereocenters. The van der Waals surface area contributed by atoms with E-state index < -0.39 is 0 Å². The Hall–Kier alpha value is -1.09. The summed E-state index contributed by atoms with van der Waals surface area (Å²) in [6.45, 7) is 5.61. The fraction of sp³-hybridized carbons (Fsp3) is 0.467. The van der Waals surface area contributed by atoms with E-state index in [0.717, 1.165) is 24.0 Å². The van der Waals surface area contributed by atoms with Gasteiger partial charge in [0.25, 0.3) is 0 Å². The second-order valence-corrected chi connectivity index (χ2v) is 6.04. The van der Waals surface area contributed by atoms with Gasteiger partial charge >= 0.3 is 0 Å². The first-order valence-corrected chi connectivity index (χ1v) is 7.92. The molecule has 0 aromatic carbocycles. The Morgan fingerprint density at radius 2 is 2.27 bits per heavy atom. The number of aromatic nitrogens is 1. The Labute approximate surface area is 152 Å². The van der Waals surface area contributed by atoms with Gasteiger partial charge in [-0.3, -0.25) is 4.99 Å². The van der Waals surface area contributed by atoms with Gasteiger partial charge < -0.3 is 14.7 Å². The Balaban J connectivity index is 0.00000242. The number of nitrogens with one attached hydrogen (secondary N) is 1. The van der Waals surface area contributed by atoms with Crippen LogP contribution in [-0.2, 0) is 13.1 Å². The van der Waals surface area contributed by atoms with E-state index in [4.69, 9.17) is 4.52 Å². The van der Waals surface area contributed by atoms with Gasteiger partial charge in [0.2, 0.25) is 0 Å². The minimum atomic E-state index is 0. The van der Waals surface area contributed by atoms with Gasteiger partial charge in [-0.05, 0) is 28.3 Å². The number of nitrogens with zero attached hydrogens (tertiary/aromatic N) is 3. The normalized spacial score (nSPS) is 11.4. The molecule has 0 spiro atoms. The molecule has 7 heteroatoms. The first kappa shape index (κ1) is 19.0. The molecule has 0 bridgehead atoms. The molecule has 0 aliphatic rings. The molecule has 0 aliphatic heterocycles. The van der Waals surface area contributed by atoms with E-state index in [1.54, 1.807) is 18.4 Å². The van der Waals surface area contributed by atoms with Gasteiger partial charge in [0.05, 0.1) is 12.2 Å². The van der Waals surface area contributed by atoms with Crippen LogP contribution in [0.3, 0.4) is 0 Å². The maximum atomic E-state index is 5.32. The lowest BCUT2D eigenvalue weighted by Crippen LogP contribution is -2.37.